The minimum Gasteiger partial charge on any atom is -0.376 e. The Balaban J connectivity index is 1.39. The first-order valence-corrected chi connectivity index (χ1v) is 10.5. The van der Waals surface area contributed by atoms with Crippen LogP contribution in [0.2, 0.25) is 0 Å². The lowest BCUT2D eigenvalue weighted by atomic mass is 9.99. The maximum atomic E-state index is 12.3. The number of carbonyl (C=O) groups is 1. The third kappa shape index (κ3) is 6.51. The van der Waals surface area contributed by atoms with E-state index in [1.807, 2.05) is 7.05 Å². The van der Waals surface area contributed by atoms with E-state index >= 15 is 0 Å². The normalized spacial score (nSPS) is 21.8. The van der Waals surface area contributed by atoms with Gasteiger partial charge in [0.2, 0.25) is 0 Å². The van der Waals surface area contributed by atoms with E-state index in [0.717, 1.165) is 37.5 Å². The zero-order valence-corrected chi connectivity index (χ0v) is 17.0. The van der Waals surface area contributed by atoms with Gasteiger partial charge in [-0.05, 0) is 62.2 Å². The molecule has 0 aromatic heterocycles. The summed E-state index contributed by atoms with van der Waals surface area (Å²) in [7, 11) is 1.84. The fourth-order valence-corrected chi connectivity index (χ4v) is 3.89. The Morgan fingerprint density at radius 2 is 1.85 bits per heavy atom. The van der Waals surface area contributed by atoms with Gasteiger partial charge in [-0.1, -0.05) is 31.2 Å². The van der Waals surface area contributed by atoms with Crippen LogP contribution in [0.3, 0.4) is 0 Å². The van der Waals surface area contributed by atoms with Crippen molar-refractivity contribution in [2.24, 2.45) is 5.92 Å². The van der Waals surface area contributed by atoms with E-state index in [-0.39, 0.29) is 12.1 Å². The molecular formula is C22H35N3O2. The van der Waals surface area contributed by atoms with Gasteiger partial charge in [-0.3, -0.25) is 4.90 Å². The molecule has 1 unspecified atom stereocenters. The van der Waals surface area contributed by atoms with E-state index in [1.54, 1.807) is 4.90 Å². The largest absolute Gasteiger partial charge is 0.376 e. The van der Waals surface area contributed by atoms with Crippen LogP contribution in [0.15, 0.2) is 24.3 Å². The number of likely N-dealkylation sites (tertiary alicyclic amines) is 1. The van der Waals surface area contributed by atoms with E-state index < -0.39 is 0 Å². The number of urea groups is 1. The molecule has 0 radical (unpaired) electrons. The predicted molar refractivity (Wildman–Crippen MR) is 109 cm³/mol. The molecule has 1 N–H and O–H groups in total. The summed E-state index contributed by atoms with van der Waals surface area (Å²) in [6.45, 7) is 7.84. The number of likely N-dealkylation sites (N-methyl/N-ethyl adjacent to an activating group) is 1. The zero-order chi connectivity index (χ0) is 19.1. The second-order valence-corrected chi connectivity index (χ2v) is 8.30. The van der Waals surface area contributed by atoms with Gasteiger partial charge >= 0.3 is 6.03 Å². The molecular weight excluding hydrogens is 338 g/mol. The van der Waals surface area contributed by atoms with Gasteiger partial charge in [0.05, 0.1) is 6.10 Å². The molecule has 0 aliphatic carbocycles. The van der Waals surface area contributed by atoms with Crippen molar-refractivity contribution in [1.82, 2.24) is 15.1 Å². The van der Waals surface area contributed by atoms with E-state index in [4.69, 9.17) is 4.74 Å². The number of hydrogen-bond acceptors (Lipinski definition) is 3. The minimum absolute atomic E-state index is 0.0318. The monoisotopic (exact) mass is 373 g/mol. The van der Waals surface area contributed by atoms with Gasteiger partial charge in [-0.2, -0.15) is 0 Å². The van der Waals surface area contributed by atoms with Crippen LogP contribution in [-0.2, 0) is 17.8 Å². The number of piperidine rings is 1. The van der Waals surface area contributed by atoms with Crippen molar-refractivity contribution in [2.45, 2.75) is 58.2 Å². The van der Waals surface area contributed by atoms with Crippen LogP contribution in [0.1, 0.15) is 50.2 Å². The average molecular weight is 374 g/mol. The number of ether oxygens (including phenoxy) is 1. The molecule has 2 heterocycles. The van der Waals surface area contributed by atoms with Crippen LogP contribution in [0.4, 0.5) is 4.79 Å². The predicted octanol–water partition coefficient (Wildman–Crippen LogP) is 3.63. The van der Waals surface area contributed by atoms with Crippen LogP contribution in [0, 0.1) is 5.92 Å². The third-order valence-corrected chi connectivity index (χ3v) is 5.85. The van der Waals surface area contributed by atoms with Crippen molar-refractivity contribution in [3.8, 4) is 0 Å². The number of carbonyl (C=O) groups excluding carboxylic acids is 1. The summed E-state index contributed by atoms with van der Waals surface area (Å²) in [6.07, 6.45) is 6.19. The molecule has 2 fully saturated rings. The topological polar surface area (TPSA) is 44.8 Å². The molecule has 5 heteroatoms. The zero-order valence-electron chi connectivity index (χ0n) is 17.0. The highest BCUT2D eigenvalue weighted by Crippen LogP contribution is 2.18. The number of nitrogens with zero attached hydrogens (tertiary/aromatic N) is 2. The summed E-state index contributed by atoms with van der Waals surface area (Å²) in [6, 6.07) is 8.62. The smallest absolute Gasteiger partial charge is 0.317 e. The molecule has 27 heavy (non-hydrogen) atoms. The van der Waals surface area contributed by atoms with Crippen LogP contribution < -0.4 is 5.32 Å². The van der Waals surface area contributed by atoms with Crippen molar-refractivity contribution < 1.29 is 9.53 Å². The summed E-state index contributed by atoms with van der Waals surface area (Å²) in [4.78, 5) is 16.6. The maximum Gasteiger partial charge on any atom is 0.317 e. The van der Waals surface area contributed by atoms with Gasteiger partial charge in [0.25, 0.3) is 0 Å². The van der Waals surface area contributed by atoms with Gasteiger partial charge in [0.15, 0.2) is 0 Å². The first kappa shape index (κ1) is 20.2. The van der Waals surface area contributed by atoms with Crippen molar-refractivity contribution in [3.63, 3.8) is 0 Å². The van der Waals surface area contributed by atoms with Crippen LogP contribution >= 0.6 is 0 Å². The summed E-state index contributed by atoms with van der Waals surface area (Å²) < 4.78 is 5.72. The Bertz CT molecular complexity index is 576. The first-order chi connectivity index (χ1) is 13.1. The second-order valence-electron chi connectivity index (χ2n) is 8.30. The molecule has 0 spiro atoms. The highest BCUT2D eigenvalue weighted by atomic mass is 16.5. The Morgan fingerprint density at radius 1 is 1.15 bits per heavy atom. The standard InChI is InChI=1S/C22H35N3O2/c1-18-10-12-25(13-11-18)16-20-8-6-19(7-9-20)15-23-22(26)24(2)17-21-5-3-4-14-27-21/h6-9,18,21H,3-5,10-17H2,1-2H3,(H,23,26). The molecule has 2 amide bonds. The van der Waals surface area contributed by atoms with E-state index in [2.05, 4.69) is 41.4 Å². The number of nitrogens with one attached hydrogen (secondary N) is 1. The Kier molecular flexibility index (Phi) is 7.53. The van der Waals surface area contributed by atoms with Crippen molar-refractivity contribution in [2.75, 3.05) is 33.3 Å². The SMILES string of the molecule is CC1CCN(Cc2ccc(CNC(=O)N(C)CC3CCCCO3)cc2)CC1. The molecule has 1 aromatic rings. The van der Waals surface area contributed by atoms with Crippen molar-refractivity contribution in [3.05, 3.63) is 35.4 Å². The summed E-state index contributed by atoms with van der Waals surface area (Å²) in [5.41, 5.74) is 2.49. The van der Waals surface area contributed by atoms with Gasteiger partial charge in [0.1, 0.15) is 0 Å². The highest BCUT2D eigenvalue weighted by molar-refractivity contribution is 5.73. The van der Waals surface area contributed by atoms with Crippen LogP contribution in [-0.4, -0.2) is 55.2 Å². The lowest BCUT2D eigenvalue weighted by Crippen LogP contribution is -2.42. The molecule has 1 aromatic carbocycles. The van der Waals surface area contributed by atoms with Gasteiger partial charge in [-0.25, -0.2) is 4.79 Å². The lowest BCUT2D eigenvalue weighted by molar-refractivity contribution is 0.00385. The molecule has 5 nitrogen and oxygen atoms in total. The molecule has 0 saturated carbocycles. The Labute approximate surface area is 164 Å². The van der Waals surface area contributed by atoms with Gasteiger partial charge in [-0.15, -0.1) is 0 Å². The van der Waals surface area contributed by atoms with E-state index in [0.29, 0.717) is 13.1 Å². The maximum absolute atomic E-state index is 12.3. The molecule has 150 valence electrons. The molecule has 1 atom stereocenters. The lowest BCUT2D eigenvalue weighted by Gasteiger charge is -2.30. The molecule has 2 aliphatic heterocycles. The summed E-state index contributed by atoms with van der Waals surface area (Å²) in [5, 5.41) is 3.02. The molecule has 2 saturated heterocycles. The Morgan fingerprint density at radius 3 is 2.52 bits per heavy atom. The molecule has 2 aliphatic rings. The third-order valence-electron chi connectivity index (χ3n) is 5.85. The van der Waals surface area contributed by atoms with Crippen LogP contribution in [0.25, 0.3) is 0 Å². The fraction of sp³-hybridized carbons (Fsp3) is 0.682. The fourth-order valence-electron chi connectivity index (χ4n) is 3.89. The summed E-state index contributed by atoms with van der Waals surface area (Å²) >= 11 is 0. The van der Waals surface area contributed by atoms with Crippen LogP contribution in [0.5, 0.6) is 0 Å². The average Bonchev–Trinajstić information content (AvgIpc) is 2.69. The van der Waals surface area contributed by atoms with E-state index in [1.165, 1.54) is 37.9 Å². The first-order valence-electron chi connectivity index (χ1n) is 10.5. The Hall–Kier alpha value is -1.59. The van der Waals surface area contributed by atoms with Crippen molar-refractivity contribution >= 4 is 6.03 Å². The van der Waals surface area contributed by atoms with E-state index in [9.17, 15) is 4.79 Å². The summed E-state index contributed by atoms with van der Waals surface area (Å²) in [5.74, 6) is 0.870. The van der Waals surface area contributed by atoms with Gasteiger partial charge < -0.3 is 15.0 Å². The van der Waals surface area contributed by atoms with Crippen molar-refractivity contribution in [1.29, 1.82) is 0 Å². The minimum atomic E-state index is -0.0318. The number of hydrogen-bond donors (Lipinski definition) is 1. The highest BCUT2D eigenvalue weighted by Gasteiger charge is 2.19. The second kappa shape index (κ2) is 10.1. The molecule has 3 rings (SSSR count). The number of benzene rings is 1. The molecule has 0 bridgehead atoms. The number of rotatable bonds is 6. The number of amides is 2. The van der Waals surface area contributed by atoms with Gasteiger partial charge in [0, 0.05) is 33.3 Å². The quantitative estimate of drug-likeness (QED) is 0.828.